The van der Waals surface area contributed by atoms with Crippen LogP contribution in [0.25, 0.3) is 0 Å². The maximum Gasteiger partial charge on any atom is 0.264 e. The lowest BCUT2D eigenvalue weighted by molar-refractivity contribution is 0.0737. The Hall–Kier alpha value is -1.99. The summed E-state index contributed by atoms with van der Waals surface area (Å²) in [7, 11) is 0. The molecule has 7 heteroatoms. The average Bonchev–Trinajstić information content (AvgIpc) is 3.14. The van der Waals surface area contributed by atoms with Crippen molar-refractivity contribution in [3.05, 3.63) is 49.3 Å². The summed E-state index contributed by atoms with van der Waals surface area (Å²) in [6, 6.07) is 3.87. The van der Waals surface area contributed by atoms with Gasteiger partial charge in [0, 0.05) is 42.9 Å². The fraction of sp³-hybridized carbons (Fsp3) is 0.609. The summed E-state index contributed by atoms with van der Waals surface area (Å²) in [6.07, 6.45) is 5.58. The predicted octanol–water partition coefficient (Wildman–Crippen LogP) is 2.57. The Labute approximate surface area is 180 Å². The number of aryl methyl sites for hydroxylation is 1. The van der Waals surface area contributed by atoms with E-state index in [2.05, 4.69) is 4.90 Å². The van der Waals surface area contributed by atoms with Crippen LogP contribution in [0.1, 0.15) is 57.3 Å². The van der Waals surface area contributed by atoms with Gasteiger partial charge in [0.1, 0.15) is 5.82 Å². The number of amides is 1. The van der Waals surface area contributed by atoms with Crippen molar-refractivity contribution in [3.8, 4) is 0 Å². The summed E-state index contributed by atoms with van der Waals surface area (Å²) in [5.74, 6) is 1.96. The van der Waals surface area contributed by atoms with Gasteiger partial charge in [-0.25, -0.2) is 4.98 Å². The number of carbonyl (C=O) groups is 1. The molecule has 1 saturated carbocycles. The molecule has 6 rings (SSSR count). The summed E-state index contributed by atoms with van der Waals surface area (Å²) in [5.41, 5.74) is 1.81. The fourth-order valence-electron chi connectivity index (χ4n) is 5.61. The molecule has 1 atom stereocenters. The SMILES string of the molecule is Cc1ccc(C(=O)N2CCc3nc4n(c(=O)c3C2)CC[C@@]42CCN(CC3CC3)C2)s1. The van der Waals surface area contributed by atoms with Crippen LogP contribution in [-0.4, -0.2) is 51.4 Å². The number of hydrogen-bond acceptors (Lipinski definition) is 5. The molecular weight excluding hydrogens is 396 g/mol. The number of thiophene rings is 1. The third-order valence-corrected chi connectivity index (χ3v) is 8.48. The van der Waals surface area contributed by atoms with E-state index in [0.717, 1.165) is 65.2 Å². The van der Waals surface area contributed by atoms with Crippen LogP contribution in [0.2, 0.25) is 0 Å². The van der Waals surface area contributed by atoms with E-state index in [-0.39, 0.29) is 16.9 Å². The molecule has 0 unspecified atom stereocenters. The molecule has 0 aromatic carbocycles. The summed E-state index contributed by atoms with van der Waals surface area (Å²) in [5, 5.41) is 0. The van der Waals surface area contributed by atoms with Crippen LogP contribution in [0, 0.1) is 12.8 Å². The molecule has 2 fully saturated rings. The van der Waals surface area contributed by atoms with Crippen molar-refractivity contribution in [1.29, 1.82) is 0 Å². The van der Waals surface area contributed by atoms with Crippen LogP contribution < -0.4 is 5.56 Å². The number of aromatic nitrogens is 2. The molecule has 158 valence electrons. The molecule has 0 bridgehead atoms. The quantitative estimate of drug-likeness (QED) is 0.760. The van der Waals surface area contributed by atoms with Gasteiger partial charge in [-0.1, -0.05) is 0 Å². The first-order valence-corrected chi connectivity index (χ1v) is 12.1. The van der Waals surface area contributed by atoms with Crippen LogP contribution in [0.5, 0.6) is 0 Å². The van der Waals surface area contributed by atoms with Crippen molar-refractivity contribution in [2.75, 3.05) is 26.2 Å². The average molecular weight is 425 g/mol. The maximum absolute atomic E-state index is 13.4. The van der Waals surface area contributed by atoms with Gasteiger partial charge in [-0.05, 0) is 57.2 Å². The normalized spacial score (nSPS) is 25.7. The van der Waals surface area contributed by atoms with E-state index in [1.165, 1.54) is 30.7 Å². The molecule has 30 heavy (non-hydrogen) atoms. The zero-order valence-electron chi connectivity index (χ0n) is 17.5. The topological polar surface area (TPSA) is 58.4 Å². The summed E-state index contributed by atoms with van der Waals surface area (Å²) >= 11 is 1.52. The minimum absolute atomic E-state index is 0.0339. The van der Waals surface area contributed by atoms with Crippen LogP contribution in [0.15, 0.2) is 16.9 Å². The van der Waals surface area contributed by atoms with E-state index in [9.17, 15) is 9.59 Å². The van der Waals surface area contributed by atoms with Gasteiger partial charge < -0.3 is 9.80 Å². The van der Waals surface area contributed by atoms with Crippen molar-refractivity contribution in [3.63, 3.8) is 0 Å². The predicted molar refractivity (Wildman–Crippen MR) is 116 cm³/mol. The highest BCUT2D eigenvalue weighted by Crippen LogP contribution is 2.42. The Morgan fingerprint density at radius 2 is 2.07 bits per heavy atom. The highest BCUT2D eigenvalue weighted by Gasteiger charge is 2.47. The number of hydrogen-bond donors (Lipinski definition) is 0. The van der Waals surface area contributed by atoms with Crippen LogP contribution in [0.3, 0.4) is 0 Å². The first-order valence-electron chi connectivity index (χ1n) is 11.2. The first kappa shape index (κ1) is 18.8. The lowest BCUT2D eigenvalue weighted by atomic mass is 9.85. The third-order valence-electron chi connectivity index (χ3n) is 7.49. The Morgan fingerprint density at radius 3 is 2.83 bits per heavy atom. The van der Waals surface area contributed by atoms with E-state index < -0.39 is 0 Å². The van der Waals surface area contributed by atoms with Crippen molar-refractivity contribution in [1.82, 2.24) is 19.4 Å². The number of fused-ring (bicyclic) bond motifs is 3. The lowest BCUT2D eigenvalue weighted by Crippen LogP contribution is -2.42. The monoisotopic (exact) mass is 424 g/mol. The van der Waals surface area contributed by atoms with Gasteiger partial charge in [-0.15, -0.1) is 11.3 Å². The van der Waals surface area contributed by atoms with Crippen molar-refractivity contribution in [2.24, 2.45) is 5.92 Å². The summed E-state index contributed by atoms with van der Waals surface area (Å²) in [6.45, 7) is 7.21. The summed E-state index contributed by atoms with van der Waals surface area (Å²) < 4.78 is 1.93. The fourth-order valence-corrected chi connectivity index (χ4v) is 6.44. The summed E-state index contributed by atoms with van der Waals surface area (Å²) in [4.78, 5) is 37.7. The largest absolute Gasteiger partial charge is 0.333 e. The van der Waals surface area contributed by atoms with Crippen LogP contribution in [-0.2, 0) is 24.9 Å². The molecular formula is C23H28N4O2S. The van der Waals surface area contributed by atoms with Gasteiger partial charge in [0.05, 0.1) is 22.7 Å². The van der Waals surface area contributed by atoms with E-state index in [4.69, 9.17) is 4.98 Å². The Bertz CT molecular complexity index is 1090. The van der Waals surface area contributed by atoms with Crippen molar-refractivity contribution in [2.45, 2.75) is 57.5 Å². The van der Waals surface area contributed by atoms with Crippen LogP contribution >= 0.6 is 11.3 Å². The number of rotatable bonds is 3. The second kappa shape index (κ2) is 6.76. The first-order chi connectivity index (χ1) is 14.5. The number of likely N-dealkylation sites (tertiary alicyclic amines) is 1. The number of nitrogens with zero attached hydrogens (tertiary/aromatic N) is 4. The molecule has 0 N–H and O–H groups in total. The van der Waals surface area contributed by atoms with E-state index in [1.807, 2.05) is 28.5 Å². The minimum atomic E-state index is 0.0339. The van der Waals surface area contributed by atoms with Crippen LogP contribution in [0.4, 0.5) is 0 Å². The molecule has 6 nitrogen and oxygen atoms in total. The molecule has 3 aliphatic heterocycles. The smallest absolute Gasteiger partial charge is 0.264 e. The maximum atomic E-state index is 13.4. The zero-order chi connectivity index (χ0) is 20.5. The second-order valence-corrected chi connectivity index (χ2v) is 11.0. The highest BCUT2D eigenvalue weighted by molar-refractivity contribution is 7.13. The van der Waals surface area contributed by atoms with Gasteiger partial charge in [0.25, 0.3) is 11.5 Å². The van der Waals surface area contributed by atoms with E-state index in [0.29, 0.717) is 19.5 Å². The van der Waals surface area contributed by atoms with E-state index >= 15 is 0 Å². The van der Waals surface area contributed by atoms with Crippen molar-refractivity contribution < 1.29 is 4.79 Å². The number of carbonyl (C=O) groups excluding carboxylic acids is 1. The molecule has 2 aromatic rings. The standard InChI is InChI=1S/C23H28N4O2S/c1-15-2-5-19(30-15)21(29)26-9-6-18-17(13-26)20(28)27-11-8-23(22(27)24-18)7-10-25(14-23)12-16-3-4-16/h2,5,16H,3-4,6-14H2,1H3/t23-/m1/s1. The van der Waals surface area contributed by atoms with E-state index in [1.54, 1.807) is 0 Å². The molecule has 1 amide bonds. The van der Waals surface area contributed by atoms with Crippen molar-refractivity contribution >= 4 is 17.2 Å². The Balaban J connectivity index is 1.28. The molecule has 5 heterocycles. The molecule has 1 spiro atoms. The Kier molecular flexibility index (Phi) is 4.22. The zero-order valence-corrected chi connectivity index (χ0v) is 18.3. The minimum Gasteiger partial charge on any atom is -0.333 e. The van der Waals surface area contributed by atoms with Gasteiger partial charge >= 0.3 is 0 Å². The molecule has 1 aliphatic carbocycles. The molecule has 4 aliphatic rings. The molecule has 1 saturated heterocycles. The highest BCUT2D eigenvalue weighted by atomic mass is 32.1. The molecule has 0 radical (unpaired) electrons. The second-order valence-electron chi connectivity index (χ2n) is 9.66. The molecule has 2 aromatic heterocycles. The van der Waals surface area contributed by atoms with Gasteiger partial charge in [-0.3, -0.25) is 14.2 Å². The van der Waals surface area contributed by atoms with Gasteiger partial charge in [0.2, 0.25) is 0 Å². The van der Waals surface area contributed by atoms with Gasteiger partial charge in [0.15, 0.2) is 0 Å². The lowest BCUT2D eigenvalue weighted by Gasteiger charge is -2.29. The van der Waals surface area contributed by atoms with Gasteiger partial charge in [-0.2, -0.15) is 0 Å². The Morgan fingerprint density at radius 1 is 1.23 bits per heavy atom. The third kappa shape index (κ3) is 2.97.